The Kier molecular flexibility index (Phi) is 4.37. The van der Waals surface area contributed by atoms with Crippen molar-refractivity contribution in [3.8, 4) is 0 Å². The number of halogens is 1. The average molecular weight is 314 g/mol. The van der Waals surface area contributed by atoms with E-state index in [1.54, 1.807) is 12.1 Å². The first-order valence-corrected chi connectivity index (χ1v) is 6.76. The lowest BCUT2D eigenvalue weighted by Crippen LogP contribution is -2.35. The van der Waals surface area contributed by atoms with Crippen molar-refractivity contribution < 1.29 is 15.0 Å². The summed E-state index contributed by atoms with van der Waals surface area (Å²) in [7, 11) is 0. The van der Waals surface area contributed by atoms with Crippen molar-refractivity contribution in [3.05, 3.63) is 33.8 Å². The fourth-order valence-electron chi connectivity index (χ4n) is 2.10. The van der Waals surface area contributed by atoms with Crippen LogP contribution in [0.1, 0.15) is 28.8 Å². The fourth-order valence-corrected chi connectivity index (χ4v) is 2.62. The van der Waals surface area contributed by atoms with E-state index in [2.05, 4.69) is 21.2 Å². The van der Waals surface area contributed by atoms with Gasteiger partial charge in [-0.05, 0) is 43.0 Å². The summed E-state index contributed by atoms with van der Waals surface area (Å²) in [6.07, 6.45) is 1.65. The summed E-state index contributed by atoms with van der Waals surface area (Å²) in [5.41, 5.74) is 1.33. The number of aromatic carboxylic acids is 1. The number of aliphatic hydroxyl groups excluding tert-OH is 1. The lowest BCUT2D eigenvalue weighted by Gasteiger charge is -2.31. The van der Waals surface area contributed by atoms with E-state index >= 15 is 0 Å². The normalized spacial score (nSPS) is 22.6. The highest BCUT2D eigenvalue weighted by Gasteiger charge is 2.26. The second-order valence-electron chi connectivity index (χ2n) is 4.73. The molecule has 1 aromatic carbocycles. The van der Waals surface area contributed by atoms with Crippen LogP contribution in [-0.2, 0) is 6.54 Å². The van der Waals surface area contributed by atoms with Crippen LogP contribution in [0.2, 0.25) is 0 Å². The molecular weight excluding hydrogens is 298 g/mol. The first kappa shape index (κ1) is 13.5. The molecule has 18 heavy (non-hydrogen) atoms. The van der Waals surface area contributed by atoms with E-state index in [1.807, 2.05) is 6.07 Å². The maximum Gasteiger partial charge on any atom is 0.335 e. The Labute approximate surface area is 114 Å². The van der Waals surface area contributed by atoms with Gasteiger partial charge in [-0.1, -0.05) is 22.0 Å². The molecule has 0 radical (unpaired) electrons. The van der Waals surface area contributed by atoms with Gasteiger partial charge < -0.3 is 15.5 Å². The standard InChI is InChI=1S/C13H16BrNO3/c14-12-5-9(13(17)18)1-2-10(12)7-15-6-8-3-11(16)4-8/h1-2,5,8,11,15-16H,3-4,6-7H2,(H,17,18). The molecule has 0 bridgehead atoms. The van der Waals surface area contributed by atoms with Crippen LogP contribution in [0.25, 0.3) is 0 Å². The van der Waals surface area contributed by atoms with Crippen molar-refractivity contribution in [2.24, 2.45) is 5.92 Å². The van der Waals surface area contributed by atoms with Gasteiger partial charge in [0.15, 0.2) is 0 Å². The summed E-state index contributed by atoms with van der Waals surface area (Å²) >= 11 is 3.38. The van der Waals surface area contributed by atoms with Gasteiger partial charge in [0.05, 0.1) is 11.7 Å². The molecule has 2 rings (SSSR count). The highest BCUT2D eigenvalue weighted by molar-refractivity contribution is 9.10. The van der Waals surface area contributed by atoms with E-state index in [4.69, 9.17) is 5.11 Å². The van der Waals surface area contributed by atoms with Gasteiger partial charge in [0.1, 0.15) is 0 Å². The Morgan fingerprint density at radius 3 is 2.72 bits per heavy atom. The molecule has 0 amide bonds. The highest BCUT2D eigenvalue weighted by atomic mass is 79.9. The predicted molar refractivity (Wildman–Crippen MR) is 71.5 cm³/mol. The number of carboxylic acid groups (broad SMARTS) is 1. The van der Waals surface area contributed by atoms with Crippen LogP contribution in [0.4, 0.5) is 0 Å². The molecule has 0 spiro atoms. The maximum absolute atomic E-state index is 10.8. The third-order valence-corrected chi connectivity index (χ3v) is 4.00. The van der Waals surface area contributed by atoms with Crippen LogP contribution < -0.4 is 5.32 Å². The monoisotopic (exact) mass is 313 g/mol. The molecule has 1 saturated carbocycles. The average Bonchev–Trinajstić information content (AvgIpc) is 2.28. The number of hydrogen-bond donors (Lipinski definition) is 3. The summed E-state index contributed by atoms with van der Waals surface area (Å²) in [5.74, 6) is -0.351. The Morgan fingerprint density at radius 2 is 2.17 bits per heavy atom. The molecule has 4 nitrogen and oxygen atoms in total. The number of hydrogen-bond acceptors (Lipinski definition) is 3. The minimum absolute atomic E-state index is 0.113. The highest BCUT2D eigenvalue weighted by Crippen LogP contribution is 2.26. The molecule has 98 valence electrons. The molecule has 0 aromatic heterocycles. The van der Waals surface area contributed by atoms with Crippen molar-refractivity contribution in [1.82, 2.24) is 5.32 Å². The Balaban J connectivity index is 1.84. The molecule has 0 saturated heterocycles. The van der Waals surface area contributed by atoms with Crippen LogP contribution in [0.5, 0.6) is 0 Å². The SMILES string of the molecule is O=C(O)c1ccc(CNCC2CC(O)C2)c(Br)c1. The second-order valence-corrected chi connectivity index (χ2v) is 5.59. The fraction of sp³-hybridized carbons (Fsp3) is 0.462. The maximum atomic E-state index is 10.8. The first-order valence-electron chi connectivity index (χ1n) is 5.96. The van der Waals surface area contributed by atoms with Crippen LogP contribution >= 0.6 is 15.9 Å². The van der Waals surface area contributed by atoms with E-state index in [1.165, 1.54) is 0 Å². The van der Waals surface area contributed by atoms with Gasteiger partial charge in [-0.3, -0.25) is 0 Å². The molecule has 0 atom stereocenters. The van der Waals surface area contributed by atoms with Gasteiger partial charge in [0.25, 0.3) is 0 Å². The zero-order valence-electron chi connectivity index (χ0n) is 9.90. The Hall–Kier alpha value is -0.910. The third-order valence-electron chi connectivity index (χ3n) is 3.26. The first-order chi connectivity index (χ1) is 8.56. The third kappa shape index (κ3) is 3.31. The molecule has 3 N–H and O–H groups in total. The number of carbonyl (C=O) groups is 1. The van der Waals surface area contributed by atoms with Gasteiger partial charge in [-0.25, -0.2) is 4.79 Å². The number of carboxylic acids is 1. The lowest BCUT2D eigenvalue weighted by atomic mass is 9.82. The van der Waals surface area contributed by atoms with E-state index in [0.29, 0.717) is 12.5 Å². The van der Waals surface area contributed by atoms with Crippen LogP contribution in [-0.4, -0.2) is 28.8 Å². The molecule has 5 heteroatoms. The van der Waals surface area contributed by atoms with Crippen LogP contribution in [0.3, 0.4) is 0 Å². The number of aliphatic hydroxyl groups is 1. The summed E-state index contributed by atoms with van der Waals surface area (Å²) in [5, 5.41) is 21.3. The second kappa shape index (κ2) is 5.82. The minimum Gasteiger partial charge on any atom is -0.478 e. The van der Waals surface area contributed by atoms with Crippen LogP contribution in [0.15, 0.2) is 22.7 Å². The summed E-state index contributed by atoms with van der Waals surface area (Å²) < 4.78 is 0.809. The molecule has 0 heterocycles. The van der Waals surface area contributed by atoms with Crippen molar-refractivity contribution in [1.29, 1.82) is 0 Å². The van der Waals surface area contributed by atoms with Crippen molar-refractivity contribution in [3.63, 3.8) is 0 Å². The zero-order valence-corrected chi connectivity index (χ0v) is 11.5. The van der Waals surface area contributed by atoms with Crippen LogP contribution in [0, 0.1) is 5.92 Å². The zero-order chi connectivity index (χ0) is 13.1. The van der Waals surface area contributed by atoms with Gasteiger partial charge >= 0.3 is 5.97 Å². The van der Waals surface area contributed by atoms with E-state index < -0.39 is 5.97 Å². The van der Waals surface area contributed by atoms with Crippen molar-refractivity contribution in [2.45, 2.75) is 25.5 Å². The number of nitrogens with one attached hydrogen (secondary N) is 1. The smallest absolute Gasteiger partial charge is 0.335 e. The molecular formula is C13H16BrNO3. The lowest BCUT2D eigenvalue weighted by molar-refractivity contribution is 0.0429. The Bertz CT molecular complexity index is 444. The van der Waals surface area contributed by atoms with Gasteiger partial charge in [-0.2, -0.15) is 0 Å². The molecule has 1 fully saturated rings. The largest absolute Gasteiger partial charge is 0.478 e. The quantitative estimate of drug-likeness (QED) is 0.777. The summed E-state index contributed by atoms with van der Waals surface area (Å²) in [4.78, 5) is 10.8. The number of rotatable bonds is 5. The van der Waals surface area contributed by atoms with E-state index in [-0.39, 0.29) is 11.7 Å². The molecule has 1 aliphatic rings. The molecule has 0 unspecified atom stereocenters. The van der Waals surface area contributed by atoms with Crippen molar-refractivity contribution in [2.75, 3.05) is 6.54 Å². The number of benzene rings is 1. The molecule has 0 aliphatic heterocycles. The van der Waals surface area contributed by atoms with E-state index in [9.17, 15) is 9.90 Å². The Morgan fingerprint density at radius 1 is 1.44 bits per heavy atom. The van der Waals surface area contributed by atoms with E-state index in [0.717, 1.165) is 29.4 Å². The predicted octanol–water partition coefficient (Wildman–Crippen LogP) is 2.01. The minimum atomic E-state index is -0.918. The summed E-state index contributed by atoms with van der Waals surface area (Å²) in [6.45, 7) is 1.59. The topological polar surface area (TPSA) is 69.6 Å². The van der Waals surface area contributed by atoms with Gasteiger partial charge in [0, 0.05) is 11.0 Å². The summed E-state index contributed by atoms with van der Waals surface area (Å²) in [6, 6.07) is 5.04. The van der Waals surface area contributed by atoms with Gasteiger partial charge in [-0.15, -0.1) is 0 Å². The molecule has 1 aliphatic carbocycles. The van der Waals surface area contributed by atoms with Crippen molar-refractivity contribution >= 4 is 21.9 Å². The van der Waals surface area contributed by atoms with Gasteiger partial charge in [0.2, 0.25) is 0 Å². The molecule has 1 aromatic rings.